The van der Waals surface area contributed by atoms with E-state index in [1.165, 1.54) is 5.56 Å². The molecule has 0 amide bonds. The summed E-state index contributed by atoms with van der Waals surface area (Å²) in [7, 11) is 0. The van der Waals surface area contributed by atoms with E-state index in [9.17, 15) is 0 Å². The van der Waals surface area contributed by atoms with E-state index in [0.717, 1.165) is 44.6 Å². The first-order valence-corrected chi connectivity index (χ1v) is 6.75. The van der Waals surface area contributed by atoms with E-state index in [-0.39, 0.29) is 11.2 Å². The van der Waals surface area contributed by atoms with E-state index in [2.05, 4.69) is 23.2 Å². The topological polar surface area (TPSA) is 31.4 Å². The number of allylic oxidation sites excluding steroid dienone is 1. The highest BCUT2D eigenvalue weighted by Crippen LogP contribution is 2.50. The molecule has 1 aliphatic heterocycles. The van der Waals surface area contributed by atoms with E-state index in [4.69, 9.17) is 9.47 Å². The molecule has 1 saturated heterocycles. The first-order valence-electron chi connectivity index (χ1n) is 6.75. The van der Waals surface area contributed by atoms with Gasteiger partial charge in [0.05, 0.1) is 18.9 Å². The summed E-state index contributed by atoms with van der Waals surface area (Å²) in [6.07, 6.45) is 10.6. The summed E-state index contributed by atoms with van der Waals surface area (Å²) < 4.78 is 11.6. The van der Waals surface area contributed by atoms with Crippen molar-refractivity contribution in [3.05, 3.63) is 35.7 Å². The summed E-state index contributed by atoms with van der Waals surface area (Å²) in [6, 6.07) is 4.26. The molecule has 1 saturated carbocycles. The Hall–Kier alpha value is -1.19. The van der Waals surface area contributed by atoms with E-state index < -0.39 is 0 Å². The van der Waals surface area contributed by atoms with Crippen molar-refractivity contribution in [1.29, 1.82) is 0 Å². The van der Waals surface area contributed by atoms with Crippen LogP contribution in [0.2, 0.25) is 0 Å². The second-order valence-corrected chi connectivity index (χ2v) is 5.53. The summed E-state index contributed by atoms with van der Waals surface area (Å²) >= 11 is 0. The summed E-state index contributed by atoms with van der Waals surface area (Å²) in [5.74, 6) is -0.274. The minimum absolute atomic E-state index is 0.185. The van der Waals surface area contributed by atoms with Gasteiger partial charge >= 0.3 is 0 Å². The number of fused-ring (bicyclic) bond motifs is 2. The standard InChI is InChI=1S/C15H17NO2/c1-2-12-13(16-9-1)3-4-14(12)5-7-15(8-6-14)17-10-11-18-15/h1-4,9H,5-8,10-11H2. The lowest BCUT2D eigenvalue weighted by molar-refractivity contribution is -0.182. The Kier molecular flexibility index (Phi) is 2.17. The molecular formula is C15H17NO2. The monoisotopic (exact) mass is 243 g/mol. The third-order valence-corrected chi connectivity index (χ3v) is 4.65. The molecule has 0 N–H and O–H groups in total. The molecule has 0 bridgehead atoms. The number of rotatable bonds is 0. The SMILES string of the molecule is C1=CC2(CCC3(CC2)OCCO3)c2cccnc21. The van der Waals surface area contributed by atoms with Crippen LogP contribution in [0, 0.1) is 0 Å². The molecule has 4 rings (SSSR count). The molecule has 94 valence electrons. The van der Waals surface area contributed by atoms with Crippen molar-refractivity contribution in [2.75, 3.05) is 13.2 Å². The van der Waals surface area contributed by atoms with Crippen LogP contribution in [0.15, 0.2) is 24.4 Å². The fraction of sp³-hybridized carbons (Fsp3) is 0.533. The number of aromatic nitrogens is 1. The third kappa shape index (κ3) is 1.41. The van der Waals surface area contributed by atoms with Crippen LogP contribution in [0.5, 0.6) is 0 Å². The van der Waals surface area contributed by atoms with Gasteiger partial charge < -0.3 is 9.47 Å². The van der Waals surface area contributed by atoms with Crippen LogP contribution in [0.4, 0.5) is 0 Å². The molecule has 0 aromatic carbocycles. The average Bonchev–Trinajstić information content (AvgIpc) is 3.01. The van der Waals surface area contributed by atoms with Crippen molar-refractivity contribution in [3.8, 4) is 0 Å². The van der Waals surface area contributed by atoms with Crippen LogP contribution >= 0.6 is 0 Å². The van der Waals surface area contributed by atoms with Gasteiger partial charge in [0.1, 0.15) is 0 Å². The van der Waals surface area contributed by atoms with Crippen molar-refractivity contribution < 1.29 is 9.47 Å². The summed E-state index contributed by atoms with van der Waals surface area (Å²) in [5.41, 5.74) is 2.71. The Labute approximate surface area is 107 Å². The zero-order chi connectivity index (χ0) is 12.1. The van der Waals surface area contributed by atoms with Gasteiger partial charge in [0, 0.05) is 24.5 Å². The summed E-state index contributed by atoms with van der Waals surface area (Å²) in [6.45, 7) is 1.50. The molecule has 0 unspecified atom stereocenters. The summed E-state index contributed by atoms with van der Waals surface area (Å²) in [4.78, 5) is 4.45. The first kappa shape index (κ1) is 10.7. The van der Waals surface area contributed by atoms with Crippen LogP contribution < -0.4 is 0 Å². The Balaban J connectivity index is 1.63. The smallest absolute Gasteiger partial charge is 0.168 e. The molecule has 2 heterocycles. The number of hydrogen-bond donors (Lipinski definition) is 0. The highest BCUT2D eigenvalue weighted by Gasteiger charge is 2.47. The molecule has 3 aliphatic rings. The van der Waals surface area contributed by atoms with Gasteiger partial charge in [-0.3, -0.25) is 4.98 Å². The van der Waals surface area contributed by atoms with Crippen LogP contribution in [0.25, 0.3) is 6.08 Å². The van der Waals surface area contributed by atoms with Crippen molar-refractivity contribution >= 4 is 6.08 Å². The molecule has 2 spiro atoms. The fourth-order valence-corrected chi connectivity index (χ4v) is 3.60. The maximum Gasteiger partial charge on any atom is 0.168 e. The number of nitrogens with zero attached hydrogens (tertiary/aromatic N) is 1. The zero-order valence-electron chi connectivity index (χ0n) is 10.4. The van der Waals surface area contributed by atoms with Crippen LogP contribution in [0.3, 0.4) is 0 Å². The van der Waals surface area contributed by atoms with E-state index in [0.29, 0.717) is 0 Å². The molecular weight excluding hydrogens is 226 g/mol. The maximum absolute atomic E-state index is 5.81. The van der Waals surface area contributed by atoms with Gasteiger partial charge in [-0.15, -0.1) is 0 Å². The van der Waals surface area contributed by atoms with Gasteiger partial charge in [0.25, 0.3) is 0 Å². The molecule has 1 aromatic rings. The molecule has 18 heavy (non-hydrogen) atoms. The Morgan fingerprint density at radius 3 is 2.61 bits per heavy atom. The van der Waals surface area contributed by atoms with Crippen LogP contribution in [-0.4, -0.2) is 24.0 Å². The molecule has 2 aliphatic carbocycles. The predicted octanol–water partition coefficient (Wildman–Crippen LogP) is 2.66. The van der Waals surface area contributed by atoms with Crippen molar-refractivity contribution in [1.82, 2.24) is 4.98 Å². The van der Waals surface area contributed by atoms with Gasteiger partial charge in [-0.2, -0.15) is 0 Å². The predicted molar refractivity (Wildman–Crippen MR) is 68.1 cm³/mol. The average molecular weight is 243 g/mol. The van der Waals surface area contributed by atoms with Crippen molar-refractivity contribution in [2.45, 2.75) is 36.9 Å². The van der Waals surface area contributed by atoms with Gasteiger partial charge in [0.2, 0.25) is 0 Å². The maximum atomic E-state index is 5.81. The highest BCUT2D eigenvalue weighted by atomic mass is 16.7. The van der Waals surface area contributed by atoms with Gasteiger partial charge in [-0.05, 0) is 30.5 Å². The van der Waals surface area contributed by atoms with Gasteiger partial charge in [-0.1, -0.05) is 12.1 Å². The third-order valence-electron chi connectivity index (χ3n) is 4.65. The van der Waals surface area contributed by atoms with Crippen LogP contribution in [0.1, 0.15) is 36.9 Å². The fourth-order valence-electron chi connectivity index (χ4n) is 3.60. The highest BCUT2D eigenvalue weighted by molar-refractivity contribution is 5.62. The van der Waals surface area contributed by atoms with Gasteiger partial charge in [0.15, 0.2) is 5.79 Å². The largest absolute Gasteiger partial charge is 0.348 e. The lowest BCUT2D eigenvalue weighted by atomic mass is 9.69. The zero-order valence-corrected chi connectivity index (χ0v) is 10.4. The lowest BCUT2D eigenvalue weighted by Crippen LogP contribution is -2.40. The Morgan fingerprint density at radius 2 is 1.83 bits per heavy atom. The molecule has 0 radical (unpaired) electrons. The normalized spacial score (nSPS) is 26.9. The van der Waals surface area contributed by atoms with Crippen LogP contribution in [-0.2, 0) is 14.9 Å². The number of pyridine rings is 1. The van der Waals surface area contributed by atoms with Gasteiger partial charge in [-0.25, -0.2) is 0 Å². The molecule has 3 heteroatoms. The lowest BCUT2D eigenvalue weighted by Gasteiger charge is -2.41. The van der Waals surface area contributed by atoms with E-state index in [1.807, 2.05) is 12.3 Å². The number of hydrogen-bond acceptors (Lipinski definition) is 3. The molecule has 1 aromatic heterocycles. The molecule has 2 fully saturated rings. The quantitative estimate of drug-likeness (QED) is 0.702. The Morgan fingerprint density at radius 1 is 1.06 bits per heavy atom. The van der Waals surface area contributed by atoms with E-state index >= 15 is 0 Å². The molecule has 0 atom stereocenters. The second-order valence-electron chi connectivity index (χ2n) is 5.53. The van der Waals surface area contributed by atoms with Crippen molar-refractivity contribution in [3.63, 3.8) is 0 Å². The van der Waals surface area contributed by atoms with E-state index in [1.54, 1.807) is 0 Å². The minimum Gasteiger partial charge on any atom is -0.348 e. The first-order chi connectivity index (χ1) is 8.82. The number of ether oxygens (including phenoxy) is 2. The Bertz CT molecular complexity index is 493. The second kappa shape index (κ2) is 3.65. The molecule has 3 nitrogen and oxygen atoms in total. The summed E-state index contributed by atoms with van der Waals surface area (Å²) in [5, 5.41) is 0. The minimum atomic E-state index is -0.274. The van der Waals surface area contributed by atoms with Crippen molar-refractivity contribution in [2.24, 2.45) is 0 Å².